The van der Waals surface area contributed by atoms with Crippen LogP contribution in [0.25, 0.3) is 0 Å². The molecule has 0 aromatic heterocycles. The highest BCUT2D eigenvalue weighted by Gasteiger charge is 2.24. The zero-order valence-corrected chi connectivity index (χ0v) is 9.59. The number of aryl methyl sites for hydroxylation is 2. The first-order valence-electron chi connectivity index (χ1n) is 5.77. The summed E-state index contributed by atoms with van der Waals surface area (Å²) in [7, 11) is 0. The van der Waals surface area contributed by atoms with E-state index >= 15 is 0 Å². The number of hydrogen-bond donors (Lipinski definition) is 2. The summed E-state index contributed by atoms with van der Waals surface area (Å²) in [6.07, 6.45) is 3.61. The second-order valence-electron chi connectivity index (χ2n) is 4.61. The van der Waals surface area contributed by atoms with Gasteiger partial charge < -0.3 is 11.1 Å². The van der Waals surface area contributed by atoms with E-state index in [2.05, 4.69) is 37.4 Å². The predicted octanol–water partition coefficient (Wildman–Crippen LogP) is 2.60. The van der Waals surface area contributed by atoms with Gasteiger partial charge in [0.05, 0.1) is 0 Å². The first kappa shape index (κ1) is 10.5. The summed E-state index contributed by atoms with van der Waals surface area (Å²) in [5, 5.41) is 3.60. The maximum atomic E-state index is 6.06. The Labute approximate surface area is 91.9 Å². The molecule has 0 bridgehead atoms. The Kier molecular flexibility index (Phi) is 2.96. The molecule has 1 aliphatic rings. The van der Waals surface area contributed by atoms with Gasteiger partial charge in [-0.3, -0.25) is 0 Å². The van der Waals surface area contributed by atoms with Crippen LogP contribution in [0.1, 0.15) is 30.4 Å². The van der Waals surface area contributed by atoms with Crippen molar-refractivity contribution in [1.82, 2.24) is 0 Å². The summed E-state index contributed by atoms with van der Waals surface area (Å²) < 4.78 is 0. The lowest BCUT2D eigenvalue weighted by Crippen LogP contribution is -2.35. The zero-order valence-electron chi connectivity index (χ0n) is 9.59. The van der Waals surface area contributed by atoms with E-state index in [-0.39, 0.29) is 0 Å². The van der Waals surface area contributed by atoms with Gasteiger partial charge in [0.15, 0.2) is 0 Å². The fraction of sp³-hybridized carbons (Fsp3) is 0.538. The molecule has 2 rings (SSSR count). The molecule has 1 saturated carbocycles. The van der Waals surface area contributed by atoms with Gasteiger partial charge in [0.25, 0.3) is 0 Å². The van der Waals surface area contributed by atoms with E-state index in [1.165, 1.54) is 29.7 Å². The molecule has 1 aliphatic carbocycles. The largest absolute Gasteiger partial charge is 0.380 e. The number of hydrogen-bond acceptors (Lipinski definition) is 2. The summed E-state index contributed by atoms with van der Waals surface area (Å²) in [5.41, 5.74) is 9.97. The van der Waals surface area contributed by atoms with Crippen molar-refractivity contribution >= 4 is 5.69 Å². The van der Waals surface area contributed by atoms with Crippen molar-refractivity contribution in [3.05, 3.63) is 29.3 Å². The molecule has 0 radical (unpaired) electrons. The van der Waals surface area contributed by atoms with Crippen LogP contribution >= 0.6 is 0 Å². The van der Waals surface area contributed by atoms with Crippen molar-refractivity contribution in [2.24, 2.45) is 5.73 Å². The first-order chi connectivity index (χ1) is 7.18. The van der Waals surface area contributed by atoms with E-state index < -0.39 is 0 Å². The number of para-hydroxylation sites is 1. The van der Waals surface area contributed by atoms with Crippen LogP contribution in [0.2, 0.25) is 0 Å². The van der Waals surface area contributed by atoms with Crippen molar-refractivity contribution in [3.8, 4) is 0 Å². The first-order valence-corrected chi connectivity index (χ1v) is 5.77. The van der Waals surface area contributed by atoms with Gasteiger partial charge in [-0.05, 0) is 44.2 Å². The van der Waals surface area contributed by atoms with Gasteiger partial charge in [0.2, 0.25) is 0 Å². The Balaban J connectivity index is 2.16. The molecule has 2 atom stereocenters. The average Bonchev–Trinajstić information content (AvgIpc) is 2.58. The topological polar surface area (TPSA) is 38.0 Å². The van der Waals surface area contributed by atoms with Crippen LogP contribution in [0.15, 0.2) is 18.2 Å². The zero-order chi connectivity index (χ0) is 10.8. The molecule has 0 spiro atoms. The number of rotatable bonds is 2. The normalized spacial score (nSPS) is 25.5. The average molecular weight is 204 g/mol. The van der Waals surface area contributed by atoms with E-state index in [0.29, 0.717) is 12.1 Å². The van der Waals surface area contributed by atoms with Gasteiger partial charge in [-0.15, -0.1) is 0 Å². The lowest BCUT2D eigenvalue weighted by Gasteiger charge is -2.21. The van der Waals surface area contributed by atoms with Crippen LogP contribution in [0.5, 0.6) is 0 Å². The Hall–Kier alpha value is -1.02. The summed E-state index contributed by atoms with van der Waals surface area (Å²) in [6, 6.07) is 7.18. The molecular formula is C13H20N2. The molecule has 1 fully saturated rings. The van der Waals surface area contributed by atoms with E-state index in [1.807, 2.05) is 0 Å². The quantitative estimate of drug-likeness (QED) is 0.777. The highest BCUT2D eigenvalue weighted by atomic mass is 15.0. The molecule has 0 saturated heterocycles. The second kappa shape index (κ2) is 4.23. The Morgan fingerprint density at radius 1 is 1.20 bits per heavy atom. The SMILES string of the molecule is Cc1cccc(C)c1N[C@@H]1CCC[C@@H]1N. The van der Waals surface area contributed by atoms with Crippen molar-refractivity contribution in [1.29, 1.82) is 0 Å². The van der Waals surface area contributed by atoms with Gasteiger partial charge in [0.1, 0.15) is 0 Å². The minimum absolute atomic E-state index is 0.323. The number of anilines is 1. The second-order valence-corrected chi connectivity index (χ2v) is 4.61. The van der Waals surface area contributed by atoms with Crippen molar-refractivity contribution in [2.45, 2.75) is 45.2 Å². The fourth-order valence-electron chi connectivity index (χ4n) is 2.40. The predicted molar refractivity (Wildman–Crippen MR) is 65.2 cm³/mol. The molecule has 0 unspecified atom stereocenters. The molecule has 2 nitrogen and oxygen atoms in total. The van der Waals surface area contributed by atoms with Gasteiger partial charge in [-0.2, -0.15) is 0 Å². The van der Waals surface area contributed by atoms with Crippen LogP contribution < -0.4 is 11.1 Å². The molecule has 0 amide bonds. The van der Waals surface area contributed by atoms with Gasteiger partial charge >= 0.3 is 0 Å². The molecule has 1 aromatic rings. The minimum atomic E-state index is 0.323. The maximum Gasteiger partial charge on any atom is 0.0412 e. The van der Waals surface area contributed by atoms with Gasteiger partial charge in [-0.1, -0.05) is 18.2 Å². The molecule has 0 aliphatic heterocycles. The van der Waals surface area contributed by atoms with E-state index in [1.54, 1.807) is 0 Å². The van der Waals surface area contributed by atoms with Gasteiger partial charge in [-0.25, -0.2) is 0 Å². The molecule has 3 N–H and O–H groups in total. The van der Waals surface area contributed by atoms with E-state index in [9.17, 15) is 0 Å². The Morgan fingerprint density at radius 3 is 2.40 bits per heavy atom. The van der Waals surface area contributed by atoms with Crippen LogP contribution in [0, 0.1) is 13.8 Å². The lowest BCUT2D eigenvalue weighted by atomic mass is 10.1. The lowest BCUT2D eigenvalue weighted by molar-refractivity contribution is 0.637. The van der Waals surface area contributed by atoms with Crippen LogP contribution in [-0.2, 0) is 0 Å². The number of nitrogens with one attached hydrogen (secondary N) is 1. The molecule has 0 heterocycles. The minimum Gasteiger partial charge on any atom is -0.380 e. The molecule has 15 heavy (non-hydrogen) atoms. The fourth-order valence-corrected chi connectivity index (χ4v) is 2.40. The molecular weight excluding hydrogens is 184 g/mol. The third kappa shape index (κ3) is 2.15. The van der Waals surface area contributed by atoms with Crippen LogP contribution in [0.3, 0.4) is 0 Å². The van der Waals surface area contributed by atoms with E-state index in [4.69, 9.17) is 5.73 Å². The summed E-state index contributed by atoms with van der Waals surface area (Å²) >= 11 is 0. The molecule has 2 heteroatoms. The standard InChI is InChI=1S/C13H20N2/c1-9-5-3-6-10(2)13(9)15-12-8-4-7-11(12)14/h3,5-6,11-12,15H,4,7-8,14H2,1-2H3/t11-,12+/m0/s1. The Morgan fingerprint density at radius 2 is 1.87 bits per heavy atom. The summed E-state index contributed by atoms with van der Waals surface area (Å²) in [6.45, 7) is 4.30. The summed E-state index contributed by atoms with van der Waals surface area (Å²) in [4.78, 5) is 0. The van der Waals surface area contributed by atoms with Gasteiger partial charge in [0, 0.05) is 17.8 Å². The smallest absolute Gasteiger partial charge is 0.0412 e. The molecule has 82 valence electrons. The third-order valence-corrected chi connectivity index (χ3v) is 3.38. The Bertz CT molecular complexity index is 326. The highest BCUT2D eigenvalue weighted by molar-refractivity contribution is 5.57. The third-order valence-electron chi connectivity index (χ3n) is 3.38. The van der Waals surface area contributed by atoms with Crippen molar-refractivity contribution in [3.63, 3.8) is 0 Å². The van der Waals surface area contributed by atoms with Crippen LogP contribution in [0.4, 0.5) is 5.69 Å². The van der Waals surface area contributed by atoms with Crippen molar-refractivity contribution in [2.75, 3.05) is 5.32 Å². The number of nitrogens with two attached hydrogens (primary N) is 1. The maximum absolute atomic E-state index is 6.06. The van der Waals surface area contributed by atoms with Crippen molar-refractivity contribution < 1.29 is 0 Å². The molecule has 1 aromatic carbocycles. The monoisotopic (exact) mass is 204 g/mol. The highest BCUT2D eigenvalue weighted by Crippen LogP contribution is 2.25. The van der Waals surface area contributed by atoms with Crippen LogP contribution in [-0.4, -0.2) is 12.1 Å². The summed E-state index contributed by atoms with van der Waals surface area (Å²) in [5.74, 6) is 0. The number of benzene rings is 1. The van der Waals surface area contributed by atoms with E-state index in [0.717, 1.165) is 6.42 Å².